The minimum absolute atomic E-state index is 0.114. The summed E-state index contributed by atoms with van der Waals surface area (Å²) >= 11 is 0. The van der Waals surface area contributed by atoms with Gasteiger partial charge in [0.25, 0.3) is 0 Å². The number of carboxylic acids is 1. The maximum Gasteiger partial charge on any atom is 0.306 e. The summed E-state index contributed by atoms with van der Waals surface area (Å²) in [5.74, 6) is -0.898. The molecule has 0 fully saturated rings. The number of carboxylic acid groups (broad SMARTS) is 1. The zero-order chi connectivity index (χ0) is 11.7. The minimum Gasteiger partial charge on any atom is -0.481 e. The Hall–Kier alpha value is -0.570. The summed E-state index contributed by atoms with van der Waals surface area (Å²) in [7, 11) is 0. The predicted molar refractivity (Wildman–Crippen MR) is 60.9 cm³/mol. The molecule has 0 saturated carbocycles. The molecule has 3 heteroatoms. The van der Waals surface area contributed by atoms with Crippen LogP contribution >= 0.6 is 0 Å². The Kier molecular flexibility index (Phi) is 7.39. The Balaban J connectivity index is 4.07. The van der Waals surface area contributed by atoms with Crippen LogP contribution in [0.15, 0.2) is 0 Å². The maximum atomic E-state index is 10.7. The molecule has 0 aromatic rings. The molecule has 0 aliphatic heterocycles. The van der Waals surface area contributed by atoms with Gasteiger partial charge in [-0.25, -0.2) is 0 Å². The molecule has 90 valence electrons. The summed E-state index contributed by atoms with van der Waals surface area (Å²) in [5.41, 5.74) is -0.975. The Morgan fingerprint density at radius 3 is 2.07 bits per heavy atom. The first kappa shape index (κ1) is 14.4. The fourth-order valence-electron chi connectivity index (χ4n) is 1.79. The van der Waals surface area contributed by atoms with Crippen LogP contribution in [0.1, 0.15) is 65.2 Å². The standard InChI is InChI=1S/C12H24O3/c1-3-5-7-9-12(15,8-6-4-2)10-11(13)14/h15H,3-10H2,1-2H3,(H,13,14). The number of unbranched alkanes of at least 4 members (excludes halogenated alkanes) is 3. The van der Waals surface area contributed by atoms with Crippen molar-refractivity contribution in [3.8, 4) is 0 Å². The molecule has 0 radical (unpaired) electrons. The second-order valence-corrected chi connectivity index (χ2v) is 4.36. The van der Waals surface area contributed by atoms with Crippen molar-refractivity contribution in [3.05, 3.63) is 0 Å². The van der Waals surface area contributed by atoms with Crippen molar-refractivity contribution in [2.45, 2.75) is 70.8 Å². The van der Waals surface area contributed by atoms with E-state index in [0.29, 0.717) is 12.8 Å². The maximum absolute atomic E-state index is 10.7. The molecule has 0 saturated heterocycles. The Morgan fingerprint density at radius 2 is 1.60 bits per heavy atom. The van der Waals surface area contributed by atoms with Gasteiger partial charge in [0.15, 0.2) is 0 Å². The normalized spacial score (nSPS) is 14.9. The van der Waals surface area contributed by atoms with Crippen LogP contribution in [0.25, 0.3) is 0 Å². The van der Waals surface area contributed by atoms with Crippen molar-refractivity contribution in [2.24, 2.45) is 0 Å². The monoisotopic (exact) mass is 216 g/mol. The molecule has 0 rings (SSSR count). The topological polar surface area (TPSA) is 57.5 Å². The van der Waals surface area contributed by atoms with E-state index < -0.39 is 11.6 Å². The average Bonchev–Trinajstić information content (AvgIpc) is 2.14. The molecular weight excluding hydrogens is 192 g/mol. The van der Waals surface area contributed by atoms with Crippen molar-refractivity contribution in [2.75, 3.05) is 0 Å². The van der Waals surface area contributed by atoms with Gasteiger partial charge in [0.2, 0.25) is 0 Å². The summed E-state index contributed by atoms with van der Waals surface area (Å²) in [5, 5.41) is 18.9. The van der Waals surface area contributed by atoms with E-state index in [1.807, 2.05) is 6.92 Å². The molecule has 2 N–H and O–H groups in total. The number of rotatable bonds is 9. The van der Waals surface area contributed by atoms with Gasteiger partial charge >= 0.3 is 5.97 Å². The van der Waals surface area contributed by atoms with E-state index in [2.05, 4.69) is 6.92 Å². The average molecular weight is 216 g/mol. The van der Waals surface area contributed by atoms with E-state index in [0.717, 1.165) is 32.1 Å². The molecule has 1 unspecified atom stereocenters. The molecular formula is C12H24O3. The van der Waals surface area contributed by atoms with Gasteiger partial charge < -0.3 is 10.2 Å². The number of carbonyl (C=O) groups is 1. The van der Waals surface area contributed by atoms with Crippen molar-refractivity contribution in [1.82, 2.24) is 0 Å². The Labute approximate surface area is 92.5 Å². The molecule has 0 aromatic heterocycles. The first-order valence-electron chi connectivity index (χ1n) is 5.98. The van der Waals surface area contributed by atoms with Crippen molar-refractivity contribution in [1.29, 1.82) is 0 Å². The lowest BCUT2D eigenvalue weighted by Gasteiger charge is -2.26. The number of aliphatic hydroxyl groups is 1. The van der Waals surface area contributed by atoms with E-state index in [9.17, 15) is 9.90 Å². The first-order chi connectivity index (χ1) is 7.04. The Bertz CT molecular complexity index is 180. The zero-order valence-electron chi connectivity index (χ0n) is 9.96. The quantitative estimate of drug-likeness (QED) is 0.582. The Morgan fingerprint density at radius 1 is 1.07 bits per heavy atom. The molecule has 3 nitrogen and oxygen atoms in total. The number of hydrogen-bond donors (Lipinski definition) is 2. The smallest absolute Gasteiger partial charge is 0.306 e. The van der Waals surface area contributed by atoms with Gasteiger partial charge in [-0.2, -0.15) is 0 Å². The summed E-state index contributed by atoms with van der Waals surface area (Å²) in [6.45, 7) is 4.15. The van der Waals surface area contributed by atoms with Gasteiger partial charge in [-0.05, 0) is 12.8 Å². The van der Waals surface area contributed by atoms with Crippen LogP contribution in [0.5, 0.6) is 0 Å². The highest BCUT2D eigenvalue weighted by Gasteiger charge is 2.28. The van der Waals surface area contributed by atoms with Crippen LogP contribution in [0.2, 0.25) is 0 Å². The molecule has 15 heavy (non-hydrogen) atoms. The lowest BCUT2D eigenvalue weighted by Crippen LogP contribution is -2.31. The largest absolute Gasteiger partial charge is 0.481 e. The highest BCUT2D eigenvalue weighted by Crippen LogP contribution is 2.25. The first-order valence-corrected chi connectivity index (χ1v) is 5.98. The SMILES string of the molecule is CCCCCC(O)(CCCC)CC(=O)O. The minimum atomic E-state index is -0.975. The highest BCUT2D eigenvalue weighted by molar-refractivity contribution is 5.68. The van der Waals surface area contributed by atoms with Crippen LogP contribution in [0, 0.1) is 0 Å². The van der Waals surface area contributed by atoms with Crippen LogP contribution in [0.3, 0.4) is 0 Å². The third kappa shape index (κ3) is 7.37. The van der Waals surface area contributed by atoms with Gasteiger partial charge in [-0.3, -0.25) is 4.79 Å². The lowest BCUT2D eigenvalue weighted by molar-refractivity contribution is -0.143. The van der Waals surface area contributed by atoms with Crippen LogP contribution in [0.4, 0.5) is 0 Å². The second kappa shape index (κ2) is 7.69. The van der Waals surface area contributed by atoms with Crippen LogP contribution in [-0.2, 0) is 4.79 Å². The molecule has 0 heterocycles. The molecule has 0 aliphatic carbocycles. The van der Waals surface area contributed by atoms with Gasteiger partial charge in [-0.15, -0.1) is 0 Å². The number of hydrogen-bond acceptors (Lipinski definition) is 2. The molecule has 0 aromatic carbocycles. The predicted octanol–water partition coefficient (Wildman–Crippen LogP) is 2.96. The van der Waals surface area contributed by atoms with Crippen molar-refractivity contribution >= 4 is 5.97 Å². The van der Waals surface area contributed by atoms with E-state index >= 15 is 0 Å². The molecule has 0 bridgehead atoms. The van der Waals surface area contributed by atoms with Crippen molar-refractivity contribution < 1.29 is 15.0 Å². The van der Waals surface area contributed by atoms with Crippen molar-refractivity contribution in [3.63, 3.8) is 0 Å². The van der Waals surface area contributed by atoms with Gasteiger partial charge in [0.05, 0.1) is 12.0 Å². The van der Waals surface area contributed by atoms with Gasteiger partial charge in [0.1, 0.15) is 0 Å². The zero-order valence-corrected chi connectivity index (χ0v) is 9.96. The third-order valence-electron chi connectivity index (χ3n) is 2.72. The lowest BCUT2D eigenvalue weighted by atomic mass is 9.87. The summed E-state index contributed by atoms with van der Waals surface area (Å²) < 4.78 is 0. The molecule has 0 aliphatic rings. The highest BCUT2D eigenvalue weighted by atomic mass is 16.4. The second-order valence-electron chi connectivity index (χ2n) is 4.36. The van der Waals surface area contributed by atoms with E-state index in [-0.39, 0.29) is 6.42 Å². The van der Waals surface area contributed by atoms with Crippen LogP contribution in [-0.4, -0.2) is 21.8 Å². The summed E-state index contributed by atoms with van der Waals surface area (Å²) in [6, 6.07) is 0. The fourth-order valence-corrected chi connectivity index (χ4v) is 1.79. The van der Waals surface area contributed by atoms with E-state index in [1.54, 1.807) is 0 Å². The van der Waals surface area contributed by atoms with Gasteiger partial charge in [-0.1, -0.05) is 46.0 Å². The fraction of sp³-hybridized carbons (Fsp3) is 0.917. The van der Waals surface area contributed by atoms with E-state index in [1.165, 1.54) is 0 Å². The third-order valence-corrected chi connectivity index (χ3v) is 2.72. The summed E-state index contributed by atoms with van der Waals surface area (Å²) in [6.07, 6.45) is 6.09. The molecule has 0 amide bonds. The van der Waals surface area contributed by atoms with Crippen LogP contribution < -0.4 is 0 Å². The molecule has 0 spiro atoms. The summed E-state index contributed by atoms with van der Waals surface area (Å²) in [4.78, 5) is 10.7. The number of aliphatic carboxylic acids is 1. The molecule has 1 atom stereocenters. The van der Waals surface area contributed by atoms with E-state index in [4.69, 9.17) is 5.11 Å². The van der Waals surface area contributed by atoms with Gasteiger partial charge in [0, 0.05) is 0 Å².